The molecule has 2 aliphatic carbocycles. The van der Waals surface area contributed by atoms with Gasteiger partial charge in [-0.1, -0.05) is 30.3 Å². The van der Waals surface area contributed by atoms with Crippen LogP contribution in [0.25, 0.3) is 0 Å². The predicted molar refractivity (Wildman–Crippen MR) is 50.0 cm³/mol. The molecule has 0 heterocycles. The molecule has 0 heteroatoms. The molecule has 1 aromatic rings. The molecule has 0 saturated heterocycles. The highest BCUT2D eigenvalue weighted by Crippen LogP contribution is 2.59. The second-order valence-electron chi connectivity index (χ2n) is 4.25. The summed E-state index contributed by atoms with van der Waals surface area (Å²) in [5.74, 6) is 3.10. The Balaban J connectivity index is 1.76. The normalized spacial score (nSPS) is 33.3. The van der Waals surface area contributed by atoms with E-state index in [1.165, 1.54) is 19.3 Å². The van der Waals surface area contributed by atoms with Crippen LogP contribution in [0, 0.1) is 11.8 Å². The summed E-state index contributed by atoms with van der Waals surface area (Å²) in [6.07, 6.45) is 4.48. The minimum atomic E-state index is 0.929. The van der Waals surface area contributed by atoms with E-state index in [0.717, 1.165) is 17.8 Å². The molecule has 3 rings (SSSR count). The summed E-state index contributed by atoms with van der Waals surface area (Å²) in [4.78, 5) is 0. The van der Waals surface area contributed by atoms with Gasteiger partial charge in [0.15, 0.2) is 0 Å². The number of rotatable bonds is 2. The van der Waals surface area contributed by atoms with E-state index in [1.54, 1.807) is 5.56 Å². The molecule has 0 unspecified atom stereocenters. The maximum Gasteiger partial charge on any atom is -0.0128 e. The summed E-state index contributed by atoms with van der Waals surface area (Å²) in [6.45, 7) is 0. The van der Waals surface area contributed by atoms with Crippen molar-refractivity contribution in [3.63, 3.8) is 0 Å². The van der Waals surface area contributed by atoms with Crippen LogP contribution in [0.15, 0.2) is 30.3 Å². The second kappa shape index (κ2) is 2.35. The van der Waals surface area contributed by atoms with Gasteiger partial charge in [-0.05, 0) is 42.6 Å². The first-order chi connectivity index (χ1) is 5.95. The van der Waals surface area contributed by atoms with Crippen molar-refractivity contribution in [3.8, 4) is 0 Å². The maximum atomic E-state index is 2.28. The molecule has 0 aromatic heterocycles. The fraction of sp³-hybridized carbons (Fsp3) is 0.500. The maximum absolute atomic E-state index is 2.28. The van der Waals surface area contributed by atoms with E-state index in [-0.39, 0.29) is 0 Å². The Morgan fingerprint density at radius 2 is 1.75 bits per heavy atom. The largest absolute Gasteiger partial charge is 0.0622 e. The number of benzene rings is 1. The highest BCUT2D eigenvalue weighted by molar-refractivity contribution is 5.26. The van der Waals surface area contributed by atoms with Crippen molar-refractivity contribution in [2.75, 3.05) is 0 Å². The quantitative estimate of drug-likeness (QED) is 0.620. The van der Waals surface area contributed by atoms with E-state index in [0.29, 0.717) is 0 Å². The molecule has 0 spiro atoms. The van der Waals surface area contributed by atoms with Crippen molar-refractivity contribution >= 4 is 0 Å². The van der Waals surface area contributed by atoms with Gasteiger partial charge in [0.25, 0.3) is 0 Å². The number of hydrogen-bond donors (Lipinski definition) is 0. The van der Waals surface area contributed by atoms with Crippen LogP contribution in [0.3, 0.4) is 0 Å². The number of hydrogen-bond acceptors (Lipinski definition) is 0. The van der Waals surface area contributed by atoms with Gasteiger partial charge in [0.1, 0.15) is 0 Å². The lowest BCUT2D eigenvalue weighted by Crippen LogP contribution is -1.83. The molecule has 2 atom stereocenters. The monoisotopic (exact) mass is 158 g/mol. The summed E-state index contributed by atoms with van der Waals surface area (Å²) >= 11 is 0. The fourth-order valence-corrected chi connectivity index (χ4v) is 2.34. The fourth-order valence-electron chi connectivity index (χ4n) is 2.34. The Labute approximate surface area is 73.6 Å². The first-order valence-corrected chi connectivity index (χ1v) is 5.00. The van der Waals surface area contributed by atoms with Gasteiger partial charge < -0.3 is 0 Å². The van der Waals surface area contributed by atoms with Gasteiger partial charge in [-0.3, -0.25) is 0 Å². The zero-order valence-electron chi connectivity index (χ0n) is 7.24. The van der Waals surface area contributed by atoms with Crippen molar-refractivity contribution < 1.29 is 0 Å². The minimum absolute atomic E-state index is 0.929. The first kappa shape index (κ1) is 6.71. The smallest absolute Gasteiger partial charge is 0.0128 e. The van der Waals surface area contributed by atoms with Crippen molar-refractivity contribution in [2.45, 2.75) is 25.2 Å². The lowest BCUT2D eigenvalue weighted by Gasteiger charge is -1.97. The van der Waals surface area contributed by atoms with Gasteiger partial charge in [-0.15, -0.1) is 0 Å². The third-order valence-electron chi connectivity index (χ3n) is 3.30. The third kappa shape index (κ3) is 1.06. The van der Waals surface area contributed by atoms with Crippen LogP contribution in [0.5, 0.6) is 0 Å². The van der Waals surface area contributed by atoms with E-state index in [1.807, 2.05) is 0 Å². The highest BCUT2D eigenvalue weighted by Gasteiger charge is 2.47. The summed E-state index contributed by atoms with van der Waals surface area (Å²) in [5, 5.41) is 0. The van der Waals surface area contributed by atoms with Crippen molar-refractivity contribution in [1.29, 1.82) is 0 Å². The van der Waals surface area contributed by atoms with Gasteiger partial charge in [-0.25, -0.2) is 0 Å². The molecule has 0 bridgehead atoms. The van der Waals surface area contributed by atoms with Crippen molar-refractivity contribution in [2.24, 2.45) is 11.8 Å². The van der Waals surface area contributed by atoms with Crippen LogP contribution in [-0.2, 0) is 0 Å². The van der Waals surface area contributed by atoms with Gasteiger partial charge >= 0.3 is 0 Å². The Morgan fingerprint density at radius 3 is 2.42 bits per heavy atom. The van der Waals surface area contributed by atoms with Crippen molar-refractivity contribution in [3.05, 3.63) is 35.9 Å². The lowest BCUT2D eigenvalue weighted by atomic mass is 10.1. The summed E-state index contributed by atoms with van der Waals surface area (Å²) in [7, 11) is 0. The van der Waals surface area contributed by atoms with Crippen LogP contribution in [-0.4, -0.2) is 0 Å². The third-order valence-corrected chi connectivity index (χ3v) is 3.30. The molecule has 12 heavy (non-hydrogen) atoms. The molecule has 0 nitrogen and oxygen atoms in total. The molecule has 2 fully saturated rings. The Kier molecular flexibility index (Phi) is 1.31. The minimum Gasteiger partial charge on any atom is -0.0622 e. The SMILES string of the molecule is c1ccc([C@H]2C[C@@H]2C2CC2)cc1. The Morgan fingerprint density at radius 1 is 1.00 bits per heavy atom. The average molecular weight is 158 g/mol. The molecule has 0 N–H and O–H groups in total. The van der Waals surface area contributed by atoms with E-state index < -0.39 is 0 Å². The molecule has 0 radical (unpaired) electrons. The van der Waals surface area contributed by atoms with E-state index >= 15 is 0 Å². The highest BCUT2D eigenvalue weighted by atomic mass is 14.5. The molecule has 62 valence electrons. The average Bonchev–Trinajstić information content (AvgIpc) is 2.99. The summed E-state index contributed by atoms with van der Waals surface area (Å²) in [6, 6.07) is 11.0. The standard InChI is InChI=1S/C12H14/c1-2-4-9(5-3-1)11-8-12(11)10-6-7-10/h1-5,10-12H,6-8H2/t11-,12-/m1/s1. The Bertz CT molecular complexity index is 271. The van der Waals surface area contributed by atoms with E-state index in [2.05, 4.69) is 30.3 Å². The van der Waals surface area contributed by atoms with Gasteiger partial charge in [0, 0.05) is 0 Å². The molecule has 0 amide bonds. The van der Waals surface area contributed by atoms with Crippen LogP contribution in [0.1, 0.15) is 30.7 Å². The molecule has 0 aliphatic heterocycles. The van der Waals surface area contributed by atoms with Crippen LogP contribution in [0.4, 0.5) is 0 Å². The zero-order valence-corrected chi connectivity index (χ0v) is 7.24. The lowest BCUT2D eigenvalue weighted by molar-refractivity contribution is 0.690. The first-order valence-electron chi connectivity index (χ1n) is 5.00. The van der Waals surface area contributed by atoms with Crippen LogP contribution < -0.4 is 0 Å². The van der Waals surface area contributed by atoms with Crippen LogP contribution >= 0.6 is 0 Å². The molecular formula is C12H14. The van der Waals surface area contributed by atoms with Gasteiger partial charge in [0.05, 0.1) is 0 Å². The van der Waals surface area contributed by atoms with Gasteiger partial charge in [0.2, 0.25) is 0 Å². The second-order valence-corrected chi connectivity index (χ2v) is 4.25. The van der Waals surface area contributed by atoms with Crippen molar-refractivity contribution in [1.82, 2.24) is 0 Å². The summed E-state index contributed by atoms with van der Waals surface area (Å²) in [5.41, 5.74) is 1.58. The zero-order chi connectivity index (χ0) is 7.97. The summed E-state index contributed by atoms with van der Waals surface area (Å²) < 4.78 is 0. The Hall–Kier alpha value is -0.780. The molecule has 1 aromatic carbocycles. The molecular weight excluding hydrogens is 144 g/mol. The molecule has 2 saturated carbocycles. The predicted octanol–water partition coefficient (Wildman–Crippen LogP) is 3.20. The van der Waals surface area contributed by atoms with E-state index in [9.17, 15) is 0 Å². The van der Waals surface area contributed by atoms with E-state index in [4.69, 9.17) is 0 Å². The topological polar surface area (TPSA) is 0 Å². The van der Waals surface area contributed by atoms with Gasteiger partial charge in [-0.2, -0.15) is 0 Å². The molecule has 2 aliphatic rings. The van der Waals surface area contributed by atoms with Crippen LogP contribution in [0.2, 0.25) is 0 Å².